The first kappa shape index (κ1) is 62.7. The second-order valence-corrected chi connectivity index (χ2v) is 40.5. The Morgan fingerprint density at radius 2 is 0.689 bits per heavy atom. The average molecular weight is 2170 g/mol. The van der Waals surface area contributed by atoms with Gasteiger partial charge in [0.2, 0.25) is 0 Å². The predicted molar refractivity (Wildman–Crippen MR) is 562 cm³/mol. The number of hydrogen-bond donors (Lipinski definition) is 2. The number of imidazole rings is 2. The largest absolute Gasteiger partial charge is 0.507 e. The van der Waals surface area contributed by atoms with Crippen molar-refractivity contribution in [2.75, 3.05) is 0 Å². The molecule has 0 radical (unpaired) electrons. The van der Waals surface area contributed by atoms with Crippen molar-refractivity contribution in [1.82, 2.24) is 29.1 Å². The van der Waals surface area contributed by atoms with Gasteiger partial charge >= 0.3 is 0 Å². The van der Waals surface area contributed by atoms with Gasteiger partial charge in [-0.25, -0.2) is 9.97 Å². The number of aryl methyl sites for hydroxylation is 3. The maximum atomic E-state index is 12.2. The van der Waals surface area contributed by atoms with Gasteiger partial charge in [0.25, 0.3) is 0 Å². The maximum absolute atomic E-state index is 12.2. The van der Waals surface area contributed by atoms with E-state index in [-0.39, 0.29) is 109 Å². The summed E-state index contributed by atoms with van der Waals surface area (Å²) in [6.07, 6.45) is -1.54. The first-order valence-corrected chi connectivity index (χ1v) is 44.2. The van der Waals surface area contributed by atoms with E-state index >= 15 is 0 Å². The Hall–Kier alpha value is -11.9. The van der Waals surface area contributed by atoms with Gasteiger partial charge in [-0.05, 0) is 225 Å². The molecule has 694 valence electrons. The Balaban J connectivity index is 0.000000261. The molecule has 0 unspecified atom stereocenters. The molecule has 17 rings (SSSR count). The van der Waals surface area contributed by atoms with Crippen molar-refractivity contribution in [1.29, 1.82) is 0 Å². The molecule has 2 N–H and O–H groups in total. The number of rotatable bonds is 13. The van der Waals surface area contributed by atoms with Crippen molar-refractivity contribution in [2.45, 2.75) is 230 Å². The minimum absolute atomic E-state index is 0. The van der Waals surface area contributed by atoms with E-state index in [2.05, 4.69) is 125 Å². The fourth-order valence-electron chi connectivity index (χ4n) is 16.5. The zero-order valence-electron chi connectivity index (χ0n) is 114. The van der Waals surface area contributed by atoms with E-state index in [0.29, 0.717) is 89.1 Å². The van der Waals surface area contributed by atoms with E-state index in [1.807, 2.05) is 191 Å². The van der Waals surface area contributed by atoms with Gasteiger partial charge in [0.1, 0.15) is 23.1 Å². The van der Waals surface area contributed by atoms with Gasteiger partial charge in [0.15, 0.2) is 0 Å². The Kier molecular flexibility index (Phi) is 17.5. The molecule has 0 spiro atoms. The molecule has 0 aliphatic heterocycles. The molecule has 8 nitrogen and oxygen atoms in total. The molecule has 0 fully saturated rings. The van der Waals surface area contributed by atoms with Crippen LogP contribution in [0.25, 0.3) is 157 Å². The molecule has 0 amide bonds. The summed E-state index contributed by atoms with van der Waals surface area (Å²) in [5, 5.41) is 24.3. The summed E-state index contributed by atoms with van der Waals surface area (Å²) in [6, 6.07) is 57.5. The molecular formula is C125H130N6O2Pt2-2. The Morgan fingerprint density at radius 3 is 1.10 bits per heavy atom. The van der Waals surface area contributed by atoms with E-state index in [1.54, 1.807) is 54.0 Å². The van der Waals surface area contributed by atoms with E-state index < -0.39 is 193 Å². The van der Waals surface area contributed by atoms with Gasteiger partial charge in [0.05, 0.1) is 63.8 Å². The van der Waals surface area contributed by atoms with Gasteiger partial charge in [-0.15, -0.1) is 58.7 Å². The van der Waals surface area contributed by atoms with Gasteiger partial charge in [-0.3, -0.25) is 19.1 Å². The number of para-hydroxylation sites is 2. The molecule has 0 atom stereocenters. The SMILES string of the molecule is [2H]c1nc(-c2[c-]c(-c3cccc4c3nc(-c3cc(C(C)(C)C)cc(C)c3O)n4-c3ccc(-c4c(-c5ccccc5)cccc4C(C)(C)C)cc3C([2H])([2H])[2H])cc(C(C)(C)C)c2)c([2H])c(-c2c([2H])c([2H])c(C(C([2H])([2H])[2H])(C([2H])([2H])[2H])C([2H])([2H])[2H])c([2H])c2[2H])c1[2H].[2H]c1nc(-c2[c-]c(-c3cccc4c3nc(-c3cc(C(C)(C)C)cc(C)c3O)n4-c3ccc(C(C)(C)C)cc3-c3ccccc3)cc(C(C)(C)C)c2)c([2H])c(-c2c([2H])c([2H])c(C(C([2H])([2H])[2H])(C([2H])([2H])[2H])C([2H])([2H])[2H])c([2H])c2[2H])c1[2H].[Pt].[Pt]. The van der Waals surface area contributed by atoms with Crippen molar-refractivity contribution < 1.29 is 100 Å². The minimum atomic E-state index is -3.96. The quantitative estimate of drug-likeness (QED) is 0.112. The van der Waals surface area contributed by atoms with Crippen LogP contribution in [0.1, 0.15) is 275 Å². The first-order chi connectivity index (χ1) is 77.1. The second kappa shape index (κ2) is 37.6. The summed E-state index contributed by atoms with van der Waals surface area (Å²) in [4.78, 5) is 19.6. The van der Waals surface area contributed by atoms with Crippen molar-refractivity contribution in [3.8, 4) is 146 Å². The average Bonchev–Trinajstić information content (AvgIpc) is 0.860. The molecule has 17 aromatic rings. The Labute approximate surface area is 881 Å². The summed E-state index contributed by atoms with van der Waals surface area (Å²) in [7, 11) is 0. The molecule has 0 saturated heterocycles. The van der Waals surface area contributed by atoms with Crippen LogP contribution in [-0.2, 0) is 85.5 Å². The van der Waals surface area contributed by atoms with E-state index in [4.69, 9.17) is 45.6 Å². The second-order valence-electron chi connectivity index (χ2n) is 40.5. The molecule has 13 aromatic carbocycles. The standard InChI is InChI=1S/C66H68N3O.C59H62N3O.2Pt/c1-41-34-46(59-52(44-20-16-15-17-21-44)22-18-24-55(59)66(12,13)14)28-31-57(41)69-58-25-19-23-53(60(58)68-62(69)54-40-50(64(6,7)8)35-42(2)61(54)70)47-36-48(38-51(37-47)65(9,10)11)56-39-45(32-33-67-56)43-26-29-49(30-27-43)63(3,4)5;1-37-30-45(58(8,9)10)36-49(54(37)63)55-61-53-47(20-17-21-52(53)62(55)51-27-26-44(57(5,6)7)35-48(51)39-18-15-14-16-19-39)41-31-42(33-46(32-41)59(11,12)13)50-34-40(28-29-60-50)38-22-24-43(25-23-38)56(2,3)4;;/h15-35,37-40,70H,1-14H3;14-30,32-36,63H,1-13H3;;/q2*-1;;/i1D3,3D3,4D3,5D3,26D,27D,29D,30D,32D,33D,39D;2D3,3D3,4D3,22D,23D,24D,25D,28D,29D,34D;;. The van der Waals surface area contributed by atoms with Gasteiger partial charge < -0.3 is 10.2 Å². The third kappa shape index (κ3) is 20.6. The van der Waals surface area contributed by atoms with Gasteiger partial charge in [0, 0.05) is 100 Å². The number of fused-ring (bicyclic) bond motifs is 2. The fraction of sp³-hybridized carbons (Fsp3) is 0.280. The summed E-state index contributed by atoms with van der Waals surface area (Å²) in [5.41, 5.74) is 0.796. The van der Waals surface area contributed by atoms with Gasteiger partial charge in [-0.1, -0.05) is 376 Å². The minimum Gasteiger partial charge on any atom is -0.507 e. The van der Waals surface area contributed by atoms with E-state index in [9.17, 15) is 22.5 Å². The fourth-order valence-corrected chi connectivity index (χ4v) is 16.5. The van der Waals surface area contributed by atoms with Crippen molar-refractivity contribution >= 4 is 22.1 Å². The molecular weight excluding hydrogens is 2010 g/mol. The molecule has 10 heteroatoms. The van der Waals surface area contributed by atoms with E-state index in [0.717, 1.165) is 55.8 Å². The monoisotopic (exact) mass is 2170 g/mol. The zero-order valence-corrected chi connectivity index (χ0v) is 83.8. The summed E-state index contributed by atoms with van der Waals surface area (Å²) >= 11 is 0. The topological polar surface area (TPSA) is 102 Å². The van der Waals surface area contributed by atoms with E-state index in [1.165, 1.54) is 0 Å². The van der Waals surface area contributed by atoms with Crippen molar-refractivity contribution in [3.63, 3.8) is 0 Å². The summed E-state index contributed by atoms with van der Waals surface area (Å²) in [5.74, 6) is 0.619. The van der Waals surface area contributed by atoms with Crippen LogP contribution >= 0.6 is 0 Å². The smallest absolute Gasteiger partial charge is 0.148 e. The number of hydrogen-bond acceptors (Lipinski definition) is 6. The molecule has 0 saturated carbocycles. The zero-order chi connectivity index (χ0) is 125. The first-order valence-electron chi connectivity index (χ1n) is 61.7. The van der Waals surface area contributed by atoms with Crippen LogP contribution in [0, 0.1) is 32.8 Å². The molecule has 4 heterocycles. The Morgan fingerprint density at radius 1 is 0.304 bits per heavy atom. The normalized spacial score (nSPS) is 16.8. The van der Waals surface area contributed by atoms with Crippen LogP contribution in [0.5, 0.6) is 11.5 Å². The molecule has 0 aliphatic rings. The van der Waals surface area contributed by atoms with Crippen LogP contribution in [0.15, 0.2) is 285 Å². The number of nitrogens with zero attached hydrogens (tertiary/aromatic N) is 6. The number of phenols is 2. The summed E-state index contributed by atoms with van der Waals surface area (Å²) in [6.45, 7) is 14.1. The third-order valence-corrected chi connectivity index (χ3v) is 24.1. The van der Waals surface area contributed by atoms with Crippen LogP contribution < -0.4 is 0 Å². The molecule has 0 aliphatic carbocycles. The summed E-state index contributed by atoms with van der Waals surface area (Å²) < 4.78 is 309. The molecule has 135 heavy (non-hydrogen) atoms. The number of benzene rings is 13. The van der Waals surface area contributed by atoms with Crippen molar-refractivity contribution in [3.05, 3.63) is 358 Å². The maximum Gasteiger partial charge on any atom is 0.148 e. The third-order valence-electron chi connectivity index (χ3n) is 24.1. The number of phenolic OH excluding ortho intramolecular Hbond substituents is 2. The number of aromatic hydroxyl groups is 2. The number of aromatic nitrogens is 6. The van der Waals surface area contributed by atoms with Gasteiger partial charge in [-0.2, -0.15) is 0 Å². The van der Waals surface area contributed by atoms with Crippen LogP contribution in [-0.4, -0.2) is 39.3 Å². The van der Waals surface area contributed by atoms with Crippen LogP contribution in [0.4, 0.5) is 0 Å². The molecule has 0 bridgehead atoms. The predicted octanol–water partition coefficient (Wildman–Crippen LogP) is 33.5. The molecule has 4 aromatic heterocycles. The van der Waals surface area contributed by atoms with Crippen LogP contribution in [0.2, 0.25) is 0 Å². The van der Waals surface area contributed by atoms with Crippen LogP contribution in [0.3, 0.4) is 0 Å². The van der Waals surface area contributed by atoms with Crippen molar-refractivity contribution in [2.24, 2.45) is 0 Å². The number of pyridine rings is 2. The Bertz CT molecular complexity index is 8970.